The summed E-state index contributed by atoms with van der Waals surface area (Å²) in [6.45, 7) is 7.79. The Morgan fingerprint density at radius 3 is 3.00 bits per heavy atom. The summed E-state index contributed by atoms with van der Waals surface area (Å²) in [5.41, 5.74) is 8.91. The van der Waals surface area contributed by atoms with Crippen LogP contribution in [0.2, 0.25) is 0 Å². The molecule has 0 spiro atoms. The van der Waals surface area contributed by atoms with Crippen LogP contribution < -0.4 is 5.73 Å². The second-order valence-electron chi connectivity index (χ2n) is 5.35. The monoisotopic (exact) mass is 232 g/mol. The average Bonchev–Trinajstić information content (AvgIpc) is 2.76. The van der Waals surface area contributed by atoms with Crippen molar-refractivity contribution in [3.63, 3.8) is 0 Å². The number of rotatable bonds is 4. The maximum absolute atomic E-state index is 6.13. The number of nitrogens with two attached hydrogens (primary N) is 1. The maximum Gasteiger partial charge on any atom is 0.0233 e. The van der Waals surface area contributed by atoms with Crippen LogP contribution in [0.25, 0.3) is 0 Å². The standard InChI is InChI=1S/C15H24N2/c1-3-15(16)14-7-8-17(11-14)10-13-6-4-5-12(2)9-13/h4-6,9,14-15H,3,7-8,10-11,16H2,1-2H3. The predicted octanol–water partition coefficient (Wildman–Crippen LogP) is 2.55. The number of aryl methyl sites for hydroxylation is 1. The largest absolute Gasteiger partial charge is 0.327 e. The van der Waals surface area contributed by atoms with Crippen molar-refractivity contribution in [2.75, 3.05) is 13.1 Å². The van der Waals surface area contributed by atoms with Crippen molar-refractivity contribution in [2.24, 2.45) is 11.7 Å². The summed E-state index contributed by atoms with van der Waals surface area (Å²) in [5.74, 6) is 0.699. The van der Waals surface area contributed by atoms with Crippen molar-refractivity contribution in [2.45, 2.75) is 39.3 Å². The molecule has 0 aromatic heterocycles. The van der Waals surface area contributed by atoms with Crippen molar-refractivity contribution < 1.29 is 0 Å². The van der Waals surface area contributed by atoms with Crippen molar-refractivity contribution in [3.8, 4) is 0 Å². The van der Waals surface area contributed by atoms with E-state index in [-0.39, 0.29) is 0 Å². The van der Waals surface area contributed by atoms with Crippen LogP contribution in [-0.4, -0.2) is 24.0 Å². The molecule has 94 valence electrons. The molecule has 0 amide bonds. The van der Waals surface area contributed by atoms with E-state index in [1.807, 2.05) is 0 Å². The molecule has 0 aliphatic carbocycles. The molecule has 1 aliphatic rings. The minimum absolute atomic E-state index is 0.387. The van der Waals surface area contributed by atoms with E-state index in [0.717, 1.165) is 13.0 Å². The third-order valence-corrected chi connectivity index (χ3v) is 3.87. The lowest BCUT2D eigenvalue weighted by Crippen LogP contribution is -2.31. The zero-order valence-electron chi connectivity index (χ0n) is 11.0. The zero-order valence-corrected chi connectivity index (χ0v) is 11.0. The third kappa shape index (κ3) is 3.30. The van der Waals surface area contributed by atoms with Gasteiger partial charge in [0.2, 0.25) is 0 Å². The summed E-state index contributed by atoms with van der Waals surface area (Å²) in [4.78, 5) is 2.54. The molecule has 0 saturated carbocycles. The van der Waals surface area contributed by atoms with Crippen LogP contribution in [0.3, 0.4) is 0 Å². The Kier molecular flexibility index (Phi) is 4.19. The van der Waals surface area contributed by atoms with Crippen LogP contribution in [0.1, 0.15) is 30.9 Å². The summed E-state index contributed by atoms with van der Waals surface area (Å²) in [6, 6.07) is 9.20. The molecular formula is C15H24N2. The summed E-state index contributed by atoms with van der Waals surface area (Å²) in [5, 5.41) is 0. The van der Waals surface area contributed by atoms with E-state index in [0.29, 0.717) is 12.0 Å². The van der Waals surface area contributed by atoms with E-state index in [2.05, 4.69) is 43.0 Å². The smallest absolute Gasteiger partial charge is 0.0233 e. The van der Waals surface area contributed by atoms with Crippen molar-refractivity contribution in [1.29, 1.82) is 0 Å². The Balaban J connectivity index is 1.89. The number of benzene rings is 1. The van der Waals surface area contributed by atoms with Gasteiger partial charge >= 0.3 is 0 Å². The summed E-state index contributed by atoms with van der Waals surface area (Å²) in [6.07, 6.45) is 2.36. The van der Waals surface area contributed by atoms with Gasteiger partial charge in [-0.2, -0.15) is 0 Å². The van der Waals surface area contributed by atoms with Crippen molar-refractivity contribution >= 4 is 0 Å². The van der Waals surface area contributed by atoms with Crippen LogP contribution in [0, 0.1) is 12.8 Å². The first-order chi connectivity index (χ1) is 8.19. The van der Waals surface area contributed by atoms with E-state index >= 15 is 0 Å². The molecule has 2 atom stereocenters. The minimum atomic E-state index is 0.387. The highest BCUT2D eigenvalue weighted by molar-refractivity contribution is 5.22. The van der Waals surface area contributed by atoms with Gasteiger partial charge in [-0.05, 0) is 37.8 Å². The molecule has 1 heterocycles. The predicted molar refractivity (Wildman–Crippen MR) is 72.8 cm³/mol. The number of hydrogen-bond acceptors (Lipinski definition) is 2. The topological polar surface area (TPSA) is 29.3 Å². The molecule has 1 saturated heterocycles. The highest BCUT2D eigenvalue weighted by Gasteiger charge is 2.26. The molecule has 1 fully saturated rings. The van der Waals surface area contributed by atoms with Crippen molar-refractivity contribution in [3.05, 3.63) is 35.4 Å². The van der Waals surface area contributed by atoms with Gasteiger partial charge in [0.1, 0.15) is 0 Å². The molecule has 2 N–H and O–H groups in total. The summed E-state index contributed by atoms with van der Waals surface area (Å²) >= 11 is 0. The van der Waals surface area contributed by atoms with Crippen molar-refractivity contribution in [1.82, 2.24) is 4.90 Å². The van der Waals surface area contributed by atoms with Gasteiger partial charge < -0.3 is 5.73 Å². The number of hydrogen-bond donors (Lipinski definition) is 1. The zero-order chi connectivity index (χ0) is 12.3. The Labute approximate surface area is 105 Å². The van der Waals surface area contributed by atoms with Crippen LogP contribution in [0.15, 0.2) is 24.3 Å². The average molecular weight is 232 g/mol. The molecule has 0 radical (unpaired) electrons. The lowest BCUT2D eigenvalue weighted by atomic mass is 9.98. The van der Waals surface area contributed by atoms with Gasteiger partial charge in [-0.3, -0.25) is 4.90 Å². The quantitative estimate of drug-likeness (QED) is 0.864. The lowest BCUT2D eigenvalue weighted by Gasteiger charge is -2.19. The normalized spacial score (nSPS) is 22.9. The second-order valence-corrected chi connectivity index (χ2v) is 5.35. The van der Waals surface area contributed by atoms with Gasteiger partial charge in [0.25, 0.3) is 0 Å². The molecular weight excluding hydrogens is 208 g/mol. The molecule has 1 aliphatic heterocycles. The lowest BCUT2D eigenvalue weighted by molar-refractivity contribution is 0.304. The van der Waals surface area contributed by atoms with E-state index in [1.54, 1.807) is 0 Å². The Bertz CT molecular complexity index is 362. The van der Waals surface area contributed by atoms with Gasteiger partial charge in [-0.25, -0.2) is 0 Å². The number of nitrogens with zero attached hydrogens (tertiary/aromatic N) is 1. The molecule has 2 rings (SSSR count). The second kappa shape index (κ2) is 5.65. The van der Waals surface area contributed by atoms with E-state index in [1.165, 1.54) is 30.6 Å². The van der Waals surface area contributed by atoms with Crippen LogP contribution in [0.4, 0.5) is 0 Å². The fourth-order valence-corrected chi connectivity index (χ4v) is 2.76. The van der Waals surface area contributed by atoms with Gasteiger partial charge in [0, 0.05) is 19.1 Å². The Hall–Kier alpha value is -0.860. The molecule has 0 bridgehead atoms. The van der Waals surface area contributed by atoms with Crippen LogP contribution >= 0.6 is 0 Å². The van der Waals surface area contributed by atoms with Gasteiger partial charge in [0.15, 0.2) is 0 Å². The molecule has 2 unspecified atom stereocenters. The first kappa shape index (κ1) is 12.6. The van der Waals surface area contributed by atoms with Gasteiger partial charge in [-0.1, -0.05) is 36.8 Å². The van der Waals surface area contributed by atoms with Crippen LogP contribution in [0.5, 0.6) is 0 Å². The van der Waals surface area contributed by atoms with E-state index in [4.69, 9.17) is 5.73 Å². The Morgan fingerprint density at radius 2 is 2.29 bits per heavy atom. The SMILES string of the molecule is CCC(N)C1CCN(Cc2cccc(C)c2)C1. The highest BCUT2D eigenvalue weighted by Crippen LogP contribution is 2.22. The Morgan fingerprint density at radius 1 is 1.47 bits per heavy atom. The minimum Gasteiger partial charge on any atom is -0.327 e. The first-order valence-corrected chi connectivity index (χ1v) is 6.72. The van der Waals surface area contributed by atoms with E-state index in [9.17, 15) is 0 Å². The third-order valence-electron chi connectivity index (χ3n) is 3.87. The molecule has 2 nitrogen and oxygen atoms in total. The molecule has 1 aromatic carbocycles. The van der Waals surface area contributed by atoms with Gasteiger partial charge in [-0.15, -0.1) is 0 Å². The first-order valence-electron chi connectivity index (χ1n) is 6.72. The fourth-order valence-electron chi connectivity index (χ4n) is 2.76. The van der Waals surface area contributed by atoms with E-state index < -0.39 is 0 Å². The van der Waals surface area contributed by atoms with Gasteiger partial charge in [0.05, 0.1) is 0 Å². The maximum atomic E-state index is 6.13. The molecule has 1 aromatic rings. The van der Waals surface area contributed by atoms with Crippen LogP contribution in [-0.2, 0) is 6.54 Å². The molecule has 2 heteroatoms. The fraction of sp³-hybridized carbons (Fsp3) is 0.600. The molecule has 17 heavy (non-hydrogen) atoms. The highest BCUT2D eigenvalue weighted by atomic mass is 15.1. The number of likely N-dealkylation sites (tertiary alicyclic amines) is 1. The summed E-state index contributed by atoms with van der Waals surface area (Å²) in [7, 11) is 0. The summed E-state index contributed by atoms with van der Waals surface area (Å²) < 4.78 is 0.